The minimum absolute atomic E-state index is 0.127. The molecule has 0 saturated heterocycles. The number of unbranched alkanes of at least 4 members (excludes halogenated alkanes) is 1. The van der Waals surface area contributed by atoms with Gasteiger partial charge in [-0.05, 0) is 25.8 Å². The average molecular weight is 299 g/mol. The van der Waals surface area contributed by atoms with Crippen molar-refractivity contribution < 1.29 is 9.59 Å². The minimum Gasteiger partial charge on any atom is -0.355 e. The van der Waals surface area contributed by atoms with Crippen molar-refractivity contribution in [2.75, 3.05) is 32.7 Å². The Hall–Kier alpha value is -1.10. The summed E-state index contributed by atoms with van der Waals surface area (Å²) >= 11 is 0. The van der Waals surface area contributed by atoms with Gasteiger partial charge >= 0.3 is 0 Å². The molecule has 0 spiro atoms. The monoisotopic (exact) mass is 299 g/mol. The summed E-state index contributed by atoms with van der Waals surface area (Å²) in [5.41, 5.74) is 0. The zero-order valence-electron chi connectivity index (χ0n) is 14.0. The molecule has 0 aliphatic carbocycles. The lowest BCUT2D eigenvalue weighted by atomic mass is 10.2. The van der Waals surface area contributed by atoms with Gasteiger partial charge in [0.2, 0.25) is 11.8 Å². The molecule has 0 unspecified atom stereocenters. The quantitative estimate of drug-likeness (QED) is 0.546. The smallest absolute Gasteiger partial charge is 0.220 e. The number of nitrogens with one attached hydrogen (secondary N) is 2. The third-order valence-electron chi connectivity index (χ3n) is 3.27. The van der Waals surface area contributed by atoms with Crippen molar-refractivity contribution in [3.8, 4) is 0 Å². The van der Waals surface area contributed by atoms with E-state index in [4.69, 9.17) is 0 Å². The molecule has 5 nitrogen and oxygen atoms in total. The molecule has 5 heteroatoms. The van der Waals surface area contributed by atoms with E-state index in [1.807, 2.05) is 6.92 Å². The van der Waals surface area contributed by atoms with Gasteiger partial charge in [-0.2, -0.15) is 0 Å². The lowest BCUT2D eigenvalue weighted by Crippen LogP contribution is -2.39. The maximum atomic E-state index is 11.5. The highest BCUT2D eigenvalue weighted by Crippen LogP contribution is 1.94. The Morgan fingerprint density at radius 3 is 1.81 bits per heavy atom. The Labute approximate surface area is 129 Å². The molecule has 0 heterocycles. The molecule has 0 saturated carbocycles. The van der Waals surface area contributed by atoms with E-state index < -0.39 is 0 Å². The largest absolute Gasteiger partial charge is 0.355 e. The molecule has 0 aliphatic rings. The van der Waals surface area contributed by atoms with E-state index in [1.165, 1.54) is 0 Å². The topological polar surface area (TPSA) is 61.4 Å². The van der Waals surface area contributed by atoms with Crippen molar-refractivity contribution >= 4 is 11.8 Å². The van der Waals surface area contributed by atoms with E-state index in [0.717, 1.165) is 45.3 Å². The van der Waals surface area contributed by atoms with Crippen LogP contribution in [0.15, 0.2) is 0 Å². The van der Waals surface area contributed by atoms with Gasteiger partial charge in [-0.1, -0.05) is 27.2 Å². The molecule has 0 atom stereocenters. The van der Waals surface area contributed by atoms with Crippen molar-refractivity contribution in [2.24, 2.45) is 0 Å². The van der Waals surface area contributed by atoms with E-state index in [1.54, 1.807) is 0 Å². The second kappa shape index (κ2) is 13.9. The molecule has 0 radical (unpaired) electrons. The van der Waals surface area contributed by atoms with Crippen LogP contribution in [0, 0.1) is 0 Å². The molecular formula is C16H33N3O2. The van der Waals surface area contributed by atoms with Crippen molar-refractivity contribution in [3.05, 3.63) is 0 Å². The average Bonchev–Trinajstić information content (AvgIpc) is 2.45. The molecule has 0 aromatic carbocycles. The summed E-state index contributed by atoms with van der Waals surface area (Å²) in [5, 5.41) is 5.89. The predicted octanol–water partition coefficient (Wildman–Crippen LogP) is 1.92. The van der Waals surface area contributed by atoms with Gasteiger partial charge in [0.1, 0.15) is 0 Å². The number of rotatable bonds is 13. The maximum absolute atomic E-state index is 11.5. The standard InChI is InChI=1S/C16H33N3O2/c1-4-7-9-16(21)18-11-14-19(12-6-3)13-10-17-15(20)8-5-2/h4-14H2,1-3H3,(H,17,20)(H,18,21). The predicted molar refractivity (Wildman–Crippen MR) is 87.2 cm³/mol. The highest BCUT2D eigenvalue weighted by molar-refractivity contribution is 5.76. The van der Waals surface area contributed by atoms with Crippen molar-refractivity contribution in [3.63, 3.8) is 0 Å². The number of amides is 2. The first-order valence-electron chi connectivity index (χ1n) is 8.39. The highest BCUT2D eigenvalue weighted by Gasteiger charge is 2.06. The van der Waals surface area contributed by atoms with Gasteiger partial charge in [-0.3, -0.25) is 14.5 Å². The lowest BCUT2D eigenvalue weighted by Gasteiger charge is -2.22. The second-order valence-corrected chi connectivity index (χ2v) is 5.40. The Bertz CT molecular complexity index is 283. The van der Waals surface area contributed by atoms with Gasteiger partial charge in [-0.15, -0.1) is 0 Å². The van der Waals surface area contributed by atoms with Crippen molar-refractivity contribution in [1.29, 1.82) is 0 Å². The van der Waals surface area contributed by atoms with E-state index >= 15 is 0 Å². The van der Waals surface area contributed by atoms with Crippen LogP contribution in [0.5, 0.6) is 0 Å². The van der Waals surface area contributed by atoms with Gasteiger partial charge < -0.3 is 10.6 Å². The number of hydrogen-bond acceptors (Lipinski definition) is 3. The van der Waals surface area contributed by atoms with Gasteiger partial charge in [0.15, 0.2) is 0 Å². The molecular weight excluding hydrogens is 266 g/mol. The molecule has 0 aliphatic heterocycles. The van der Waals surface area contributed by atoms with E-state index in [-0.39, 0.29) is 11.8 Å². The molecule has 0 aromatic heterocycles. The van der Waals surface area contributed by atoms with E-state index in [2.05, 4.69) is 29.4 Å². The molecule has 2 N–H and O–H groups in total. The summed E-state index contributed by atoms with van der Waals surface area (Å²) in [6.07, 6.45) is 5.18. The molecule has 2 amide bonds. The van der Waals surface area contributed by atoms with Crippen LogP contribution in [-0.2, 0) is 9.59 Å². The zero-order chi connectivity index (χ0) is 15.9. The summed E-state index contributed by atoms with van der Waals surface area (Å²) in [5.74, 6) is 0.270. The molecule has 124 valence electrons. The lowest BCUT2D eigenvalue weighted by molar-refractivity contribution is -0.121. The summed E-state index contributed by atoms with van der Waals surface area (Å²) in [7, 11) is 0. The fourth-order valence-electron chi connectivity index (χ4n) is 2.10. The summed E-state index contributed by atoms with van der Waals surface area (Å²) in [4.78, 5) is 25.2. The Balaban J connectivity index is 3.80. The zero-order valence-corrected chi connectivity index (χ0v) is 14.0. The molecule has 0 bridgehead atoms. The molecule has 21 heavy (non-hydrogen) atoms. The van der Waals surface area contributed by atoms with Crippen LogP contribution in [0.3, 0.4) is 0 Å². The maximum Gasteiger partial charge on any atom is 0.220 e. The van der Waals surface area contributed by atoms with Crippen LogP contribution >= 0.6 is 0 Å². The SMILES string of the molecule is CCCCC(=O)NCCN(CCC)CCNC(=O)CCC. The first-order chi connectivity index (χ1) is 10.1. The van der Waals surface area contributed by atoms with Crippen LogP contribution < -0.4 is 10.6 Å². The normalized spacial score (nSPS) is 10.7. The van der Waals surface area contributed by atoms with Crippen molar-refractivity contribution in [2.45, 2.75) is 59.3 Å². The Kier molecular flexibility index (Phi) is 13.1. The number of carbonyl (C=O) groups excluding carboxylic acids is 2. The van der Waals surface area contributed by atoms with Crippen LogP contribution in [-0.4, -0.2) is 49.4 Å². The Morgan fingerprint density at radius 2 is 1.33 bits per heavy atom. The third-order valence-corrected chi connectivity index (χ3v) is 3.27. The van der Waals surface area contributed by atoms with E-state index in [9.17, 15) is 9.59 Å². The summed E-state index contributed by atoms with van der Waals surface area (Å²) in [6.45, 7) is 10.3. The first kappa shape index (κ1) is 19.9. The van der Waals surface area contributed by atoms with Crippen LogP contribution in [0.1, 0.15) is 59.3 Å². The molecule has 0 rings (SSSR count). The van der Waals surface area contributed by atoms with E-state index in [0.29, 0.717) is 25.9 Å². The van der Waals surface area contributed by atoms with Gasteiger partial charge in [0.25, 0.3) is 0 Å². The third kappa shape index (κ3) is 12.4. The molecule has 0 fully saturated rings. The Morgan fingerprint density at radius 1 is 0.762 bits per heavy atom. The number of nitrogens with zero attached hydrogens (tertiary/aromatic N) is 1. The van der Waals surface area contributed by atoms with Crippen LogP contribution in [0.2, 0.25) is 0 Å². The van der Waals surface area contributed by atoms with Gasteiger partial charge in [0.05, 0.1) is 0 Å². The van der Waals surface area contributed by atoms with Crippen LogP contribution in [0.4, 0.5) is 0 Å². The van der Waals surface area contributed by atoms with Gasteiger partial charge in [-0.25, -0.2) is 0 Å². The minimum atomic E-state index is 0.127. The van der Waals surface area contributed by atoms with Gasteiger partial charge in [0, 0.05) is 39.0 Å². The fraction of sp³-hybridized carbons (Fsp3) is 0.875. The van der Waals surface area contributed by atoms with Crippen molar-refractivity contribution in [1.82, 2.24) is 15.5 Å². The number of carbonyl (C=O) groups is 2. The molecule has 0 aromatic rings. The first-order valence-corrected chi connectivity index (χ1v) is 8.39. The number of hydrogen-bond donors (Lipinski definition) is 2. The fourth-order valence-corrected chi connectivity index (χ4v) is 2.10. The second-order valence-electron chi connectivity index (χ2n) is 5.40. The highest BCUT2D eigenvalue weighted by atomic mass is 16.2. The van der Waals surface area contributed by atoms with Crippen LogP contribution in [0.25, 0.3) is 0 Å². The summed E-state index contributed by atoms with van der Waals surface area (Å²) in [6, 6.07) is 0. The summed E-state index contributed by atoms with van der Waals surface area (Å²) < 4.78 is 0.